The smallest absolute Gasteiger partial charge is 0.275 e. The summed E-state index contributed by atoms with van der Waals surface area (Å²) in [6, 6.07) is 7.30. The first kappa shape index (κ1) is 25.3. The van der Waals surface area contributed by atoms with E-state index in [2.05, 4.69) is 10.2 Å². The second-order valence-electron chi connectivity index (χ2n) is 9.66. The van der Waals surface area contributed by atoms with E-state index in [1.54, 1.807) is 10.5 Å². The molecule has 0 unspecified atom stereocenters. The predicted octanol–water partition coefficient (Wildman–Crippen LogP) is 4.51. The Kier molecular flexibility index (Phi) is 8.19. The van der Waals surface area contributed by atoms with Gasteiger partial charge in [-0.3, -0.25) is 14.2 Å². The van der Waals surface area contributed by atoms with Crippen LogP contribution in [-0.2, 0) is 11.3 Å². The zero-order chi connectivity index (χ0) is 24.9. The zero-order valence-corrected chi connectivity index (χ0v) is 21.6. The van der Waals surface area contributed by atoms with Gasteiger partial charge in [0.15, 0.2) is 0 Å². The number of rotatable bonds is 9. The lowest BCUT2D eigenvalue weighted by Crippen LogP contribution is -2.37. The van der Waals surface area contributed by atoms with Crippen molar-refractivity contribution in [3.8, 4) is 17.0 Å². The average molecular weight is 499 g/mol. The van der Waals surface area contributed by atoms with Crippen molar-refractivity contribution >= 4 is 23.0 Å². The normalized spacial score (nSPS) is 14.5. The van der Waals surface area contributed by atoms with E-state index in [9.17, 15) is 9.59 Å². The predicted molar refractivity (Wildman–Crippen MR) is 141 cm³/mol. The van der Waals surface area contributed by atoms with Crippen LogP contribution >= 0.6 is 11.6 Å². The number of nitrogens with zero attached hydrogens (tertiary/aromatic N) is 3. The number of nitrogens with one attached hydrogen (secondary N) is 1. The topological polar surface area (TPSA) is 68.0 Å². The molecule has 4 rings (SSSR count). The van der Waals surface area contributed by atoms with Gasteiger partial charge in [0.25, 0.3) is 5.56 Å². The third-order valence-electron chi connectivity index (χ3n) is 6.40. The number of aromatic nitrogens is 2. The van der Waals surface area contributed by atoms with E-state index in [1.807, 2.05) is 51.4 Å². The molecule has 35 heavy (non-hydrogen) atoms. The van der Waals surface area contributed by atoms with Gasteiger partial charge in [0, 0.05) is 35.4 Å². The van der Waals surface area contributed by atoms with Crippen molar-refractivity contribution in [1.29, 1.82) is 0 Å². The first-order valence-corrected chi connectivity index (χ1v) is 12.9. The van der Waals surface area contributed by atoms with Crippen LogP contribution in [0.3, 0.4) is 0 Å². The van der Waals surface area contributed by atoms with Crippen LogP contribution in [-0.4, -0.2) is 52.1 Å². The summed E-state index contributed by atoms with van der Waals surface area (Å²) in [5, 5.41) is 3.45. The molecule has 0 aliphatic carbocycles. The molecule has 1 aromatic carbocycles. The number of carbonyl (C=O) groups is 1. The van der Waals surface area contributed by atoms with Crippen molar-refractivity contribution in [2.45, 2.75) is 59.0 Å². The molecule has 0 bridgehead atoms. The first-order valence-electron chi connectivity index (χ1n) is 12.5. The minimum atomic E-state index is -0.246. The standard InChI is InChI=1S/C27H35ClN4O3/c1-19(2)29-26(33)18-32-25(23-14-21(28)9-8-20(23)3)17-31-16-22(15-24(31)27(32)34)35-13-7-12-30-10-5-4-6-11-30/h8-9,14-17,19H,4-7,10-13,18H2,1-3H3,(H,29,33). The van der Waals surface area contributed by atoms with E-state index in [0.717, 1.165) is 24.1 Å². The number of likely N-dealkylation sites (tertiary alicyclic amines) is 1. The number of amides is 1. The Bertz CT molecular complexity index is 1240. The summed E-state index contributed by atoms with van der Waals surface area (Å²) in [7, 11) is 0. The third-order valence-corrected chi connectivity index (χ3v) is 6.64. The zero-order valence-electron chi connectivity index (χ0n) is 20.8. The molecule has 3 aromatic rings. The molecular formula is C27H35ClN4O3. The van der Waals surface area contributed by atoms with Crippen molar-refractivity contribution in [3.05, 3.63) is 57.6 Å². The van der Waals surface area contributed by atoms with E-state index < -0.39 is 0 Å². The Morgan fingerprint density at radius 3 is 2.66 bits per heavy atom. The number of ether oxygens (including phenoxy) is 1. The average Bonchev–Trinajstić information content (AvgIpc) is 3.23. The largest absolute Gasteiger partial charge is 0.492 e. The molecule has 1 aliphatic heterocycles. The van der Waals surface area contributed by atoms with Crippen LogP contribution < -0.4 is 15.6 Å². The monoisotopic (exact) mass is 498 g/mol. The molecule has 1 saturated heterocycles. The van der Waals surface area contributed by atoms with Crippen molar-refractivity contribution in [2.75, 3.05) is 26.2 Å². The van der Waals surface area contributed by atoms with Crippen molar-refractivity contribution < 1.29 is 9.53 Å². The lowest BCUT2D eigenvalue weighted by atomic mass is 10.1. The molecule has 8 heteroatoms. The molecule has 7 nitrogen and oxygen atoms in total. The number of benzene rings is 1. The molecular weight excluding hydrogens is 464 g/mol. The van der Waals surface area contributed by atoms with E-state index in [0.29, 0.717) is 28.6 Å². The number of aryl methyl sites for hydroxylation is 1. The fraction of sp³-hybridized carbons (Fsp3) is 0.481. The Morgan fingerprint density at radius 2 is 1.91 bits per heavy atom. The molecule has 3 heterocycles. The molecule has 0 radical (unpaired) electrons. The summed E-state index contributed by atoms with van der Waals surface area (Å²) in [5.41, 5.74) is 2.63. The molecule has 1 aliphatic rings. The maximum Gasteiger partial charge on any atom is 0.275 e. The van der Waals surface area contributed by atoms with Gasteiger partial charge >= 0.3 is 0 Å². The highest BCUT2D eigenvalue weighted by molar-refractivity contribution is 6.30. The summed E-state index contributed by atoms with van der Waals surface area (Å²) in [6.07, 6.45) is 8.54. The highest BCUT2D eigenvalue weighted by Crippen LogP contribution is 2.27. The van der Waals surface area contributed by atoms with Gasteiger partial charge < -0.3 is 19.4 Å². The molecule has 0 saturated carbocycles. The third kappa shape index (κ3) is 6.27. The van der Waals surface area contributed by atoms with Crippen LogP contribution in [0.15, 0.2) is 41.5 Å². The lowest BCUT2D eigenvalue weighted by Gasteiger charge is -2.26. The fourth-order valence-corrected chi connectivity index (χ4v) is 4.85. The quantitative estimate of drug-likeness (QED) is 0.441. The van der Waals surface area contributed by atoms with Gasteiger partial charge in [-0.1, -0.05) is 24.1 Å². The summed E-state index contributed by atoms with van der Waals surface area (Å²) in [6.45, 7) is 9.65. The molecule has 0 spiro atoms. The Balaban J connectivity index is 1.62. The number of fused-ring (bicyclic) bond motifs is 1. The van der Waals surface area contributed by atoms with Crippen LogP contribution in [0.5, 0.6) is 5.75 Å². The summed E-state index contributed by atoms with van der Waals surface area (Å²) >= 11 is 6.29. The number of halogens is 1. The minimum Gasteiger partial charge on any atom is -0.492 e. The van der Waals surface area contributed by atoms with Gasteiger partial charge in [0.1, 0.15) is 17.8 Å². The van der Waals surface area contributed by atoms with E-state index >= 15 is 0 Å². The van der Waals surface area contributed by atoms with Crippen LogP contribution in [0.1, 0.15) is 45.1 Å². The van der Waals surface area contributed by atoms with E-state index in [-0.39, 0.29) is 24.1 Å². The summed E-state index contributed by atoms with van der Waals surface area (Å²) in [5.74, 6) is 0.437. The summed E-state index contributed by atoms with van der Waals surface area (Å²) < 4.78 is 9.31. The number of hydrogen-bond acceptors (Lipinski definition) is 4. The van der Waals surface area contributed by atoms with Crippen LogP contribution in [0.2, 0.25) is 5.02 Å². The first-order chi connectivity index (χ1) is 16.8. The van der Waals surface area contributed by atoms with Crippen LogP contribution in [0.4, 0.5) is 0 Å². The Hall–Kier alpha value is -2.77. The van der Waals surface area contributed by atoms with Gasteiger partial charge in [-0.25, -0.2) is 0 Å². The van der Waals surface area contributed by atoms with Crippen molar-refractivity contribution in [3.63, 3.8) is 0 Å². The fourth-order valence-electron chi connectivity index (χ4n) is 4.67. The van der Waals surface area contributed by atoms with Crippen LogP contribution in [0.25, 0.3) is 16.8 Å². The molecule has 188 valence electrons. The number of piperidine rings is 1. The van der Waals surface area contributed by atoms with Gasteiger partial charge in [-0.15, -0.1) is 0 Å². The second-order valence-corrected chi connectivity index (χ2v) is 10.1. The molecule has 0 atom stereocenters. The van der Waals surface area contributed by atoms with Gasteiger partial charge in [0.05, 0.1) is 18.5 Å². The number of carbonyl (C=O) groups excluding carboxylic acids is 1. The number of hydrogen-bond donors (Lipinski definition) is 1. The van der Waals surface area contributed by atoms with Gasteiger partial charge in [-0.2, -0.15) is 0 Å². The van der Waals surface area contributed by atoms with Gasteiger partial charge in [0.2, 0.25) is 5.91 Å². The second kappa shape index (κ2) is 11.3. The maximum atomic E-state index is 13.6. The highest BCUT2D eigenvalue weighted by Gasteiger charge is 2.18. The molecule has 1 amide bonds. The van der Waals surface area contributed by atoms with E-state index in [4.69, 9.17) is 16.3 Å². The van der Waals surface area contributed by atoms with Gasteiger partial charge in [-0.05, 0) is 70.8 Å². The summed E-state index contributed by atoms with van der Waals surface area (Å²) in [4.78, 5) is 28.7. The Labute approximate surface area is 211 Å². The lowest BCUT2D eigenvalue weighted by molar-refractivity contribution is -0.122. The van der Waals surface area contributed by atoms with Crippen LogP contribution in [0, 0.1) is 6.92 Å². The molecule has 2 aromatic heterocycles. The van der Waals surface area contributed by atoms with E-state index in [1.165, 1.54) is 36.9 Å². The van der Waals surface area contributed by atoms with Crippen molar-refractivity contribution in [1.82, 2.24) is 19.2 Å². The maximum absolute atomic E-state index is 13.6. The molecule has 1 N–H and O–H groups in total. The Morgan fingerprint density at radius 1 is 1.14 bits per heavy atom. The van der Waals surface area contributed by atoms with Crippen molar-refractivity contribution in [2.24, 2.45) is 0 Å². The molecule has 1 fully saturated rings. The highest BCUT2D eigenvalue weighted by atomic mass is 35.5. The SMILES string of the molecule is Cc1ccc(Cl)cc1-c1cn2cc(OCCCN3CCCCC3)cc2c(=O)n1CC(=O)NC(C)C. The minimum absolute atomic E-state index is 0.0171.